The van der Waals surface area contributed by atoms with E-state index in [1.165, 1.54) is 0 Å². The fourth-order valence-electron chi connectivity index (χ4n) is 2.95. The Hall–Kier alpha value is -3.35. The number of hydrogen-bond donors (Lipinski definition) is 3. The summed E-state index contributed by atoms with van der Waals surface area (Å²) in [5.74, 6) is 1.18. The SMILES string of the molecule is CCC(Nc1cccc(OC)c1)C(=O)NCCc1nc2ccccc2c(=O)[nH]1. The van der Waals surface area contributed by atoms with Crippen LogP contribution in [-0.4, -0.2) is 35.6 Å². The molecule has 3 rings (SSSR count). The Labute approximate surface area is 163 Å². The number of methoxy groups -OCH3 is 1. The van der Waals surface area contributed by atoms with Crippen LogP contribution in [0.4, 0.5) is 5.69 Å². The molecule has 28 heavy (non-hydrogen) atoms. The van der Waals surface area contributed by atoms with Crippen molar-refractivity contribution < 1.29 is 9.53 Å². The van der Waals surface area contributed by atoms with E-state index < -0.39 is 0 Å². The van der Waals surface area contributed by atoms with Crippen LogP contribution in [0.25, 0.3) is 10.9 Å². The number of benzene rings is 2. The molecule has 1 unspecified atom stereocenters. The van der Waals surface area contributed by atoms with E-state index in [0.29, 0.717) is 36.1 Å². The molecule has 1 aromatic heterocycles. The number of anilines is 1. The van der Waals surface area contributed by atoms with Gasteiger partial charge >= 0.3 is 0 Å². The summed E-state index contributed by atoms with van der Waals surface area (Å²) in [6.45, 7) is 2.33. The molecule has 0 spiro atoms. The Morgan fingerprint density at radius 3 is 2.82 bits per heavy atom. The molecule has 0 fully saturated rings. The number of nitrogens with zero attached hydrogens (tertiary/aromatic N) is 1. The molecule has 0 saturated heterocycles. The molecule has 0 aliphatic carbocycles. The number of rotatable bonds is 8. The van der Waals surface area contributed by atoms with Crippen LogP contribution in [0.5, 0.6) is 5.75 Å². The van der Waals surface area contributed by atoms with Crippen LogP contribution in [0.15, 0.2) is 53.3 Å². The smallest absolute Gasteiger partial charge is 0.258 e. The Bertz CT molecular complexity index is 1020. The van der Waals surface area contributed by atoms with Crippen molar-refractivity contribution in [2.24, 2.45) is 0 Å². The Balaban J connectivity index is 1.58. The number of ether oxygens (including phenoxy) is 1. The number of H-pyrrole nitrogens is 1. The van der Waals surface area contributed by atoms with Gasteiger partial charge in [-0.15, -0.1) is 0 Å². The van der Waals surface area contributed by atoms with Gasteiger partial charge in [-0.25, -0.2) is 4.98 Å². The zero-order chi connectivity index (χ0) is 19.9. The summed E-state index contributed by atoms with van der Waals surface area (Å²) in [6.07, 6.45) is 1.08. The summed E-state index contributed by atoms with van der Waals surface area (Å²) in [4.78, 5) is 31.8. The average molecular weight is 380 g/mol. The largest absolute Gasteiger partial charge is 0.497 e. The predicted octanol–water partition coefficient (Wildman–Crippen LogP) is 2.48. The van der Waals surface area contributed by atoms with Gasteiger partial charge < -0.3 is 20.4 Å². The standard InChI is InChI=1S/C21H24N4O3/c1-3-17(23-14-7-6-8-15(13-14)28-2)21(27)22-12-11-19-24-18-10-5-4-9-16(18)20(26)25-19/h4-10,13,17,23H,3,11-12H2,1-2H3,(H,22,27)(H,24,25,26). The molecule has 0 saturated carbocycles. The van der Waals surface area contributed by atoms with Crippen molar-refractivity contribution >= 4 is 22.5 Å². The van der Waals surface area contributed by atoms with E-state index >= 15 is 0 Å². The van der Waals surface area contributed by atoms with Crippen molar-refractivity contribution in [3.63, 3.8) is 0 Å². The number of amides is 1. The molecule has 2 aromatic carbocycles. The Morgan fingerprint density at radius 2 is 2.04 bits per heavy atom. The third-order valence-electron chi connectivity index (χ3n) is 4.46. The van der Waals surface area contributed by atoms with Crippen molar-refractivity contribution in [3.05, 3.63) is 64.7 Å². The van der Waals surface area contributed by atoms with Crippen LogP contribution in [-0.2, 0) is 11.2 Å². The normalized spacial score (nSPS) is 11.8. The molecule has 7 nitrogen and oxygen atoms in total. The van der Waals surface area contributed by atoms with Crippen molar-refractivity contribution in [3.8, 4) is 5.75 Å². The minimum Gasteiger partial charge on any atom is -0.497 e. The fraction of sp³-hybridized carbons (Fsp3) is 0.286. The van der Waals surface area contributed by atoms with Gasteiger partial charge in [-0.3, -0.25) is 9.59 Å². The molecule has 0 aliphatic rings. The maximum absolute atomic E-state index is 12.5. The Morgan fingerprint density at radius 1 is 1.21 bits per heavy atom. The lowest BCUT2D eigenvalue weighted by molar-refractivity contribution is -0.121. The summed E-state index contributed by atoms with van der Waals surface area (Å²) >= 11 is 0. The highest BCUT2D eigenvalue weighted by Gasteiger charge is 2.16. The number of nitrogens with one attached hydrogen (secondary N) is 3. The van der Waals surface area contributed by atoms with Crippen LogP contribution in [0.1, 0.15) is 19.2 Å². The summed E-state index contributed by atoms with van der Waals surface area (Å²) in [7, 11) is 1.61. The zero-order valence-electron chi connectivity index (χ0n) is 16.0. The number of aromatic nitrogens is 2. The van der Waals surface area contributed by atoms with Gasteiger partial charge in [0, 0.05) is 24.7 Å². The highest BCUT2D eigenvalue weighted by Crippen LogP contribution is 2.18. The summed E-state index contributed by atoms with van der Waals surface area (Å²) in [5, 5.41) is 6.68. The van der Waals surface area contributed by atoms with E-state index in [0.717, 1.165) is 11.4 Å². The molecule has 1 heterocycles. The fourth-order valence-corrected chi connectivity index (χ4v) is 2.95. The third kappa shape index (κ3) is 4.68. The van der Waals surface area contributed by atoms with Crippen LogP contribution in [0.3, 0.4) is 0 Å². The summed E-state index contributed by atoms with van der Waals surface area (Å²) < 4.78 is 5.21. The van der Waals surface area contributed by atoms with Gasteiger partial charge in [-0.2, -0.15) is 0 Å². The van der Waals surface area contributed by atoms with Crippen LogP contribution in [0.2, 0.25) is 0 Å². The first-order valence-corrected chi connectivity index (χ1v) is 9.27. The monoisotopic (exact) mass is 380 g/mol. The van der Waals surface area contributed by atoms with Crippen molar-refractivity contribution in [1.29, 1.82) is 0 Å². The molecule has 7 heteroatoms. The third-order valence-corrected chi connectivity index (χ3v) is 4.46. The zero-order valence-corrected chi connectivity index (χ0v) is 16.0. The average Bonchev–Trinajstić information content (AvgIpc) is 2.72. The quantitative estimate of drug-likeness (QED) is 0.558. The second-order valence-electron chi connectivity index (χ2n) is 6.41. The van der Waals surface area contributed by atoms with Crippen molar-refractivity contribution in [2.45, 2.75) is 25.8 Å². The first-order valence-electron chi connectivity index (χ1n) is 9.27. The molecule has 3 N–H and O–H groups in total. The van der Waals surface area contributed by atoms with E-state index in [1.807, 2.05) is 37.3 Å². The van der Waals surface area contributed by atoms with Crippen LogP contribution < -0.4 is 20.9 Å². The molecule has 3 aromatic rings. The number of carbonyl (C=O) groups excluding carboxylic acids is 1. The van der Waals surface area contributed by atoms with E-state index in [2.05, 4.69) is 20.6 Å². The highest BCUT2D eigenvalue weighted by molar-refractivity contribution is 5.84. The second-order valence-corrected chi connectivity index (χ2v) is 6.41. The van der Waals surface area contributed by atoms with E-state index in [1.54, 1.807) is 25.3 Å². The van der Waals surface area contributed by atoms with Crippen molar-refractivity contribution in [2.75, 3.05) is 19.0 Å². The summed E-state index contributed by atoms with van der Waals surface area (Å²) in [6, 6.07) is 14.3. The highest BCUT2D eigenvalue weighted by atomic mass is 16.5. The summed E-state index contributed by atoms with van der Waals surface area (Å²) in [5.41, 5.74) is 1.30. The maximum Gasteiger partial charge on any atom is 0.258 e. The van der Waals surface area contributed by atoms with Gasteiger partial charge in [0.25, 0.3) is 5.56 Å². The molecule has 0 aliphatic heterocycles. The molecular formula is C21H24N4O3. The first-order chi connectivity index (χ1) is 13.6. The maximum atomic E-state index is 12.5. The van der Waals surface area contributed by atoms with Crippen molar-refractivity contribution in [1.82, 2.24) is 15.3 Å². The molecular weight excluding hydrogens is 356 g/mol. The van der Waals surface area contributed by atoms with Crippen LogP contribution in [0, 0.1) is 0 Å². The number of fused-ring (bicyclic) bond motifs is 1. The molecule has 0 bridgehead atoms. The number of hydrogen-bond acceptors (Lipinski definition) is 5. The lowest BCUT2D eigenvalue weighted by Gasteiger charge is -2.18. The molecule has 0 radical (unpaired) electrons. The minimum atomic E-state index is -0.365. The number of para-hydroxylation sites is 1. The van der Waals surface area contributed by atoms with Gasteiger partial charge in [0.2, 0.25) is 5.91 Å². The van der Waals surface area contributed by atoms with Gasteiger partial charge in [0.15, 0.2) is 0 Å². The first kappa shape index (κ1) is 19.4. The topological polar surface area (TPSA) is 96.1 Å². The van der Waals surface area contributed by atoms with E-state index in [9.17, 15) is 9.59 Å². The van der Waals surface area contributed by atoms with E-state index in [-0.39, 0.29) is 17.5 Å². The van der Waals surface area contributed by atoms with Crippen LogP contribution >= 0.6 is 0 Å². The van der Waals surface area contributed by atoms with Gasteiger partial charge in [0.1, 0.15) is 17.6 Å². The number of aromatic amines is 1. The van der Waals surface area contributed by atoms with Gasteiger partial charge in [-0.05, 0) is 30.7 Å². The molecule has 1 atom stereocenters. The Kier molecular flexibility index (Phi) is 6.26. The molecule has 1 amide bonds. The molecule has 146 valence electrons. The predicted molar refractivity (Wildman–Crippen MR) is 110 cm³/mol. The number of carbonyl (C=O) groups is 1. The van der Waals surface area contributed by atoms with E-state index in [4.69, 9.17) is 4.74 Å². The minimum absolute atomic E-state index is 0.103. The van der Waals surface area contributed by atoms with Gasteiger partial charge in [-0.1, -0.05) is 25.1 Å². The lowest BCUT2D eigenvalue weighted by atomic mass is 10.2. The van der Waals surface area contributed by atoms with Gasteiger partial charge in [0.05, 0.1) is 18.0 Å². The lowest BCUT2D eigenvalue weighted by Crippen LogP contribution is -2.40. The second kappa shape index (κ2) is 9.03.